The molecule has 1 N–H and O–H groups in total. The van der Waals surface area contributed by atoms with Crippen LogP contribution in [0.3, 0.4) is 0 Å². The van der Waals surface area contributed by atoms with Crippen LogP contribution >= 0.6 is 11.6 Å². The maximum absolute atomic E-state index is 14.8. The molecule has 2 heterocycles. The minimum atomic E-state index is -3.31. The van der Waals surface area contributed by atoms with Gasteiger partial charge < -0.3 is 10.2 Å². The summed E-state index contributed by atoms with van der Waals surface area (Å²) in [6.07, 6.45) is 6.76. The van der Waals surface area contributed by atoms with E-state index in [1.807, 2.05) is 24.3 Å². The van der Waals surface area contributed by atoms with Gasteiger partial charge in [0.15, 0.2) is 21.3 Å². The Labute approximate surface area is 187 Å². The van der Waals surface area contributed by atoms with Crippen molar-refractivity contribution in [3.8, 4) is 0 Å². The van der Waals surface area contributed by atoms with Gasteiger partial charge in [0.1, 0.15) is 0 Å². The Hall–Kier alpha value is -2.45. The van der Waals surface area contributed by atoms with Gasteiger partial charge in [0.2, 0.25) is 0 Å². The molecule has 2 aromatic rings. The molecule has 1 aromatic carbocycles. The summed E-state index contributed by atoms with van der Waals surface area (Å²) < 4.78 is 37.2. The van der Waals surface area contributed by atoms with Crippen molar-refractivity contribution in [1.29, 1.82) is 0 Å². The molecular weight excluding hydrogens is 441 g/mol. The Morgan fingerprint density at radius 1 is 1.35 bits per heavy atom. The summed E-state index contributed by atoms with van der Waals surface area (Å²) in [6.45, 7) is 2.32. The van der Waals surface area contributed by atoms with Crippen LogP contribution in [0.2, 0.25) is 5.02 Å². The van der Waals surface area contributed by atoms with Crippen LogP contribution in [0, 0.1) is 5.82 Å². The molecule has 31 heavy (non-hydrogen) atoms. The van der Waals surface area contributed by atoms with Crippen LogP contribution in [0.15, 0.2) is 48.0 Å². The average Bonchev–Trinajstić information content (AvgIpc) is 2.72. The predicted molar refractivity (Wildman–Crippen MR) is 120 cm³/mol. The number of pyridine rings is 1. The van der Waals surface area contributed by atoms with Crippen molar-refractivity contribution in [1.82, 2.24) is 10.3 Å². The Kier molecular flexibility index (Phi) is 7.33. The zero-order chi connectivity index (χ0) is 22.6. The van der Waals surface area contributed by atoms with Crippen molar-refractivity contribution >= 4 is 33.0 Å². The van der Waals surface area contributed by atoms with Crippen molar-refractivity contribution < 1.29 is 17.6 Å². The fourth-order valence-electron chi connectivity index (χ4n) is 3.65. The predicted octanol–water partition coefficient (Wildman–Crippen LogP) is 4.28. The first-order valence-electron chi connectivity index (χ1n) is 10.0. The van der Waals surface area contributed by atoms with Gasteiger partial charge in [-0.25, -0.2) is 17.8 Å². The number of rotatable bonds is 6. The van der Waals surface area contributed by atoms with E-state index >= 15 is 0 Å². The van der Waals surface area contributed by atoms with Gasteiger partial charge in [-0.15, -0.1) is 0 Å². The third-order valence-electron chi connectivity index (χ3n) is 5.11. The summed E-state index contributed by atoms with van der Waals surface area (Å²) in [5, 5.41) is 4.19. The van der Waals surface area contributed by atoms with E-state index in [9.17, 15) is 17.6 Å². The first-order valence-corrected chi connectivity index (χ1v) is 12.3. The van der Waals surface area contributed by atoms with Gasteiger partial charge in [-0.2, -0.15) is 0 Å². The Bertz CT molecular complexity index is 1090. The zero-order valence-electron chi connectivity index (χ0n) is 17.4. The molecule has 0 saturated carbocycles. The molecule has 0 radical (unpaired) electrons. The lowest BCUT2D eigenvalue weighted by molar-refractivity contribution is 0.0937. The van der Waals surface area contributed by atoms with E-state index < -0.39 is 27.6 Å². The van der Waals surface area contributed by atoms with Gasteiger partial charge in [-0.1, -0.05) is 35.9 Å². The number of hydrogen-bond donors (Lipinski definition) is 1. The van der Waals surface area contributed by atoms with Crippen LogP contribution in [-0.2, 0) is 9.84 Å². The van der Waals surface area contributed by atoms with Crippen LogP contribution in [0.4, 0.5) is 10.1 Å². The van der Waals surface area contributed by atoms with Crippen molar-refractivity contribution in [2.75, 3.05) is 17.7 Å². The molecule has 1 amide bonds. The van der Waals surface area contributed by atoms with Gasteiger partial charge in [-0.05, 0) is 37.8 Å². The minimum absolute atomic E-state index is 0.00415. The molecule has 1 saturated heterocycles. The largest absolute Gasteiger partial charge is 0.363 e. The highest BCUT2D eigenvalue weighted by atomic mass is 35.5. The fraction of sp³-hybridized carbons (Fsp3) is 0.364. The van der Waals surface area contributed by atoms with Gasteiger partial charge >= 0.3 is 0 Å². The number of nitrogens with one attached hydrogen (secondary N) is 1. The van der Waals surface area contributed by atoms with Gasteiger partial charge in [0.25, 0.3) is 5.91 Å². The van der Waals surface area contributed by atoms with Gasteiger partial charge in [-0.3, -0.25) is 4.79 Å². The molecule has 1 aromatic heterocycles. The maximum atomic E-state index is 14.8. The minimum Gasteiger partial charge on any atom is -0.363 e. The first kappa shape index (κ1) is 23.2. The van der Waals surface area contributed by atoms with Gasteiger partial charge in [0, 0.05) is 35.3 Å². The second kappa shape index (κ2) is 9.78. The topological polar surface area (TPSA) is 79.4 Å². The third kappa shape index (κ3) is 6.04. The summed E-state index contributed by atoms with van der Waals surface area (Å²) in [7, 11) is -3.31. The number of benzene rings is 1. The highest BCUT2D eigenvalue weighted by molar-refractivity contribution is 7.93. The lowest BCUT2D eigenvalue weighted by Gasteiger charge is -2.38. The molecule has 0 unspecified atom stereocenters. The molecule has 2 atom stereocenters. The molecule has 1 fully saturated rings. The highest BCUT2D eigenvalue weighted by Gasteiger charge is 2.27. The van der Waals surface area contributed by atoms with E-state index in [1.165, 1.54) is 18.3 Å². The van der Waals surface area contributed by atoms with E-state index in [0.717, 1.165) is 43.0 Å². The fourth-order valence-corrected chi connectivity index (χ4v) is 4.43. The lowest BCUT2D eigenvalue weighted by atomic mass is 9.94. The number of piperidine rings is 1. The van der Waals surface area contributed by atoms with Crippen LogP contribution in [0.1, 0.15) is 48.3 Å². The van der Waals surface area contributed by atoms with Crippen LogP contribution < -0.4 is 10.2 Å². The highest BCUT2D eigenvalue weighted by Crippen LogP contribution is 2.37. The number of halogens is 2. The molecule has 3 rings (SSSR count). The quantitative estimate of drug-likeness (QED) is 0.688. The SMILES string of the molecule is C[C@H](/C=C/S(C)(=O)=O)NC(=O)c1ncc(N2CCCC[C@H]2c2ccccc2Cl)cc1F. The first-order chi connectivity index (χ1) is 14.7. The van der Waals surface area contributed by atoms with Crippen molar-refractivity contribution in [3.63, 3.8) is 0 Å². The number of amides is 1. The number of anilines is 1. The zero-order valence-corrected chi connectivity index (χ0v) is 19.0. The van der Waals surface area contributed by atoms with E-state index in [2.05, 4.69) is 15.2 Å². The second-order valence-electron chi connectivity index (χ2n) is 7.67. The van der Waals surface area contributed by atoms with Gasteiger partial charge in [0.05, 0.1) is 17.9 Å². The molecule has 9 heteroatoms. The van der Waals surface area contributed by atoms with E-state index in [-0.39, 0.29) is 11.7 Å². The smallest absolute Gasteiger partial charge is 0.273 e. The number of hydrogen-bond acceptors (Lipinski definition) is 5. The van der Waals surface area contributed by atoms with Crippen molar-refractivity contribution in [3.05, 3.63) is 70.1 Å². The normalized spacial score (nSPS) is 18.2. The summed E-state index contributed by atoms with van der Waals surface area (Å²) in [4.78, 5) is 18.5. The summed E-state index contributed by atoms with van der Waals surface area (Å²) >= 11 is 6.40. The number of nitrogens with zero attached hydrogens (tertiary/aromatic N) is 2. The summed E-state index contributed by atoms with van der Waals surface area (Å²) in [5.41, 5.74) is 1.23. The van der Waals surface area contributed by atoms with Crippen molar-refractivity contribution in [2.45, 2.75) is 38.3 Å². The molecule has 166 valence electrons. The lowest BCUT2D eigenvalue weighted by Crippen LogP contribution is -2.35. The third-order valence-corrected chi connectivity index (χ3v) is 6.11. The second-order valence-corrected chi connectivity index (χ2v) is 10.0. The van der Waals surface area contributed by atoms with Crippen molar-refractivity contribution in [2.24, 2.45) is 0 Å². The average molecular weight is 466 g/mol. The Balaban J connectivity index is 1.80. The number of aromatic nitrogens is 1. The number of carbonyl (C=O) groups excluding carboxylic acids is 1. The molecule has 0 spiro atoms. The summed E-state index contributed by atoms with van der Waals surface area (Å²) in [5.74, 6) is -1.45. The van der Waals surface area contributed by atoms with E-state index in [1.54, 1.807) is 6.92 Å². The number of sulfone groups is 1. The monoisotopic (exact) mass is 465 g/mol. The summed E-state index contributed by atoms with van der Waals surface area (Å²) in [6, 6.07) is 8.34. The maximum Gasteiger partial charge on any atom is 0.273 e. The van der Waals surface area contributed by atoms with Crippen LogP contribution in [0.25, 0.3) is 0 Å². The molecule has 1 aliphatic rings. The molecular formula is C22H25ClFN3O3S. The number of carbonyl (C=O) groups is 1. The molecule has 1 aliphatic heterocycles. The Morgan fingerprint density at radius 3 is 2.77 bits per heavy atom. The van der Waals surface area contributed by atoms with Crippen LogP contribution in [-0.4, -0.2) is 38.2 Å². The molecule has 6 nitrogen and oxygen atoms in total. The van der Waals surface area contributed by atoms with Crippen LogP contribution in [0.5, 0.6) is 0 Å². The molecule has 0 bridgehead atoms. The van der Waals surface area contributed by atoms with E-state index in [0.29, 0.717) is 10.7 Å². The van der Waals surface area contributed by atoms with E-state index in [4.69, 9.17) is 11.6 Å². The molecule has 0 aliphatic carbocycles. The Morgan fingerprint density at radius 2 is 2.10 bits per heavy atom. The standard InChI is InChI=1S/C22H25ClFN3O3S/c1-15(10-12-31(2,29)30)26-22(28)21-19(24)13-16(14-25-21)27-11-6-5-9-20(27)17-7-3-4-8-18(17)23/h3-4,7-8,10,12-15,20H,5-6,9,11H2,1-2H3,(H,26,28)/b12-10+/t15-,20+/m1/s1.